The van der Waals surface area contributed by atoms with Crippen molar-refractivity contribution in [2.24, 2.45) is 34.5 Å². The molecular formula is C23H36O3S. The van der Waals surface area contributed by atoms with Crippen molar-refractivity contribution in [2.45, 2.75) is 84.8 Å². The standard InChI is InChI=1S/C23H36O3S/c1-5-14-8-10-17-16-9-7-15-11-19(26-27)20(25-6-2)13-23(15,4)21(16)18(24)12-22(14,17)3/h5,15-17,19-21,27H,6-13H2,1-4H3/b14-5-/t15-,16-,17-,19-,20-,21+,22+,23-/m0/s1. The van der Waals surface area contributed by atoms with Crippen LogP contribution in [-0.4, -0.2) is 24.6 Å². The maximum absolute atomic E-state index is 13.6. The van der Waals surface area contributed by atoms with Crippen LogP contribution in [0.25, 0.3) is 0 Å². The molecule has 0 aromatic carbocycles. The number of Topliss-reactive ketones (excluding diaryl/α,β-unsaturated/α-hetero) is 1. The summed E-state index contributed by atoms with van der Waals surface area (Å²) >= 11 is 4.14. The summed E-state index contributed by atoms with van der Waals surface area (Å²) in [6, 6.07) is 0. The monoisotopic (exact) mass is 392 g/mol. The Hall–Kier alpha value is -0.320. The number of allylic oxidation sites excluding steroid dienone is 2. The number of ether oxygens (including phenoxy) is 1. The maximum Gasteiger partial charge on any atom is 0.137 e. The lowest BCUT2D eigenvalue weighted by Gasteiger charge is -2.60. The Balaban J connectivity index is 1.67. The summed E-state index contributed by atoms with van der Waals surface area (Å²) in [5.41, 5.74) is 1.69. The molecular weight excluding hydrogens is 356 g/mol. The van der Waals surface area contributed by atoms with Crippen LogP contribution in [0.1, 0.15) is 72.6 Å². The van der Waals surface area contributed by atoms with Crippen LogP contribution in [-0.2, 0) is 13.7 Å². The highest BCUT2D eigenvalue weighted by Gasteiger charge is 2.63. The molecule has 152 valence electrons. The predicted molar refractivity (Wildman–Crippen MR) is 111 cm³/mol. The van der Waals surface area contributed by atoms with Gasteiger partial charge in [0.25, 0.3) is 0 Å². The molecule has 4 fully saturated rings. The molecule has 4 heteroatoms. The van der Waals surface area contributed by atoms with Crippen molar-refractivity contribution in [1.29, 1.82) is 0 Å². The van der Waals surface area contributed by atoms with Crippen molar-refractivity contribution < 1.29 is 13.7 Å². The van der Waals surface area contributed by atoms with Gasteiger partial charge in [0.15, 0.2) is 0 Å². The predicted octanol–water partition coefficient (Wildman–Crippen LogP) is 5.40. The van der Waals surface area contributed by atoms with E-state index in [1.54, 1.807) is 0 Å². The fourth-order valence-electron chi connectivity index (χ4n) is 7.87. The van der Waals surface area contributed by atoms with Crippen molar-refractivity contribution in [1.82, 2.24) is 0 Å². The topological polar surface area (TPSA) is 35.5 Å². The Labute approximate surface area is 170 Å². The van der Waals surface area contributed by atoms with Crippen LogP contribution in [0.15, 0.2) is 11.6 Å². The molecule has 0 radical (unpaired) electrons. The van der Waals surface area contributed by atoms with Gasteiger partial charge in [-0.25, -0.2) is 0 Å². The Morgan fingerprint density at radius 1 is 1.22 bits per heavy atom. The molecule has 0 bridgehead atoms. The molecule has 4 rings (SSSR count). The van der Waals surface area contributed by atoms with Crippen LogP contribution < -0.4 is 0 Å². The van der Waals surface area contributed by atoms with E-state index in [0.29, 0.717) is 30.1 Å². The fourth-order valence-corrected chi connectivity index (χ4v) is 8.09. The minimum absolute atomic E-state index is 0.0443. The second-order valence-electron chi connectivity index (χ2n) is 10.0. The Morgan fingerprint density at radius 3 is 2.67 bits per heavy atom. The van der Waals surface area contributed by atoms with E-state index in [1.807, 2.05) is 6.92 Å². The molecule has 27 heavy (non-hydrogen) atoms. The van der Waals surface area contributed by atoms with Gasteiger partial charge in [-0.1, -0.05) is 25.5 Å². The molecule has 4 aliphatic carbocycles. The second kappa shape index (κ2) is 7.18. The number of rotatable bonds is 3. The third-order valence-corrected chi connectivity index (χ3v) is 9.31. The molecule has 0 aliphatic heterocycles. The van der Waals surface area contributed by atoms with E-state index in [0.717, 1.165) is 19.3 Å². The zero-order valence-electron chi connectivity index (χ0n) is 17.4. The van der Waals surface area contributed by atoms with E-state index in [1.165, 1.54) is 31.3 Å². The summed E-state index contributed by atoms with van der Waals surface area (Å²) in [5, 5.41) is 0. The maximum atomic E-state index is 13.6. The van der Waals surface area contributed by atoms with Crippen LogP contribution in [0.3, 0.4) is 0 Å². The van der Waals surface area contributed by atoms with Gasteiger partial charge in [-0.05, 0) is 93.9 Å². The number of hydrogen-bond donors (Lipinski definition) is 1. The second-order valence-corrected chi connectivity index (χ2v) is 10.2. The van der Waals surface area contributed by atoms with Gasteiger partial charge in [0.2, 0.25) is 0 Å². The van der Waals surface area contributed by atoms with Gasteiger partial charge in [-0.15, -0.1) is 0 Å². The molecule has 0 spiro atoms. The van der Waals surface area contributed by atoms with Crippen molar-refractivity contribution in [3.8, 4) is 0 Å². The summed E-state index contributed by atoms with van der Waals surface area (Å²) in [7, 11) is 0. The number of fused-ring (bicyclic) bond motifs is 5. The van der Waals surface area contributed by atoms with Crippen LogP contribution in [0.2, 0.25) is 0 Å². The zero-order valence-corrected chi connectivity index (χ0v) is 18.3. The average Bonchev–Trinajstić information content (AvgIpc) is 2.96. The van der Waals surface area contributed by atoms with E-state index in [-0.39, 0.29) is 29.0 Å². The summed E-state index contributed by atoms with van der Waals surface area (Å²) in [4.78, 5) is 13.6. The van der Waals surface area contributed by atoms with E-state index in [2.05, 4.69) is 39.8 Å². The Morgan fingerprint density at radius 2 is 2.00 bits per heavy atom. The summed E-state index contributed by atoms with van der Waals surface area (Å²) in [6.07, 6.45) is 9.92. The summed E-state index contributed by atoms with van der Waals surface area (Å²) in [5.74, 6) is 2.49. The van der Waals surface area contributed by atoms with Crippen LogP contribution in [0.5, 0.6) is 0 Å². The molecule has 8 atom stereocenters. The van der Waals surface area contributed by atoms with Gasteiger partial charge in [0.05, 0.1) is 12.2 Å². The lowest BCUT2D eigenvalue weighted by Crippen LogP contribution is -2.59. The highest BCUT2D eigenvalue weighted by atomic mass is 32.1. The number of carbonyl (C=O) groups is 1. The van der Waals surface area contributed by atoms with E-state index >= 15 is 0 Å². The zero-order chi connectivity index (χ0) is 19.4. The van der Waals surface area contributed by atoms with Crippen LogP contribution in [0.4, 0.5) is 0 Å². The molecule has 0 N–H and O–H groups in total. The number of hydrogen-bond acceptors (Lipinski definition) is 4. The highest BCUT2D eigenvalue weighted by Crippen LogP contribution is 2.66. The van der Waals surface area contributed by atoms with Gasteiger partial charge in [0.1, 0.15) is 5.78 Å². The van der Waals surface area contributed by atoms with Gasteiger partial charge in [-0.2, -0.15) is 0 Å². The van der Waals surface area contributed by atoms with Gasteiger partial charge < -0.3 is 8.92 Å². The first-order chi connectivity index (χ1) is 12.9. The van der Waals surface area contributed by atoms with Crippen LogP contribution in [0, 0.1) is 34.5 Å². The van der Waals surface area contributed by atoms with Gasteiger partial charge in [-0.3, -0.25) is 4.79 Å². The smallest absolute Gasteiger partial charge is 0.137 e. The van der Waals surface area contributed by atoms with Gasteiger partial charge >= 0.3 is 0 Å². The normalized spacial score (nSPS) is 51.0. The molecule has 0 aromatic heterocycles. The number of ketones is 1. The minimum Gasteiger partial charge on any atom is -0.376 e. The van der Waals surface area contributed by atoms with Crippen molar-refractivity contribution in [3.63, 3.8) is 0 Å². The highest BCUT2D eigenvalue weighted by molar-refractivity contribution is 7.75. The first-order valence-electron chi connectivity index (χ1n) is 11.0. The van der Waals surface area contributed by atoms with Crippen LogP contribution >= 0.6 is 12.9 Å². The molecule has 3 nitrogen and oxygen atoms in total. The molecule has 0 aromatic rings. The SMILES string of the molecule is C/C=C1/CC[C@H]2[C@@H]3CC[C@H]4C[C@H](OS)[C@@H](OCC)C[C@]4(C)[C@H]3C(=O)C[C@]12C. The average molecular weight is 393 g/mol. The van der Waals surface area contributed by atoms with Gasteiger partial charge in [0, 0.05) is 18.9 Å². The molecule has 4 aliphatic rings. The lowest BCUT2D eigenvalue weighted by atomic mass is 9.44. The van der Waals surface area contributed by atoms with E-state index < -0.39 is 0 Å². The molecule has 0 saturated heterocycles. The Kier molecular flexibility index (Phi) is 5.31. The largest absolute Gasteiger partial charge is 0.376 e. The Bertz CT molecular complexity index is 631. The first-order valence-corrected chi connectivity index (χ1v) is 11.4. The lowest BCUT2D eigenvalue weighted by molar-refractivity contribution is -0.171. The van der Waals surface area contributed by atoms with E-state index in [4.69, 9.17) is 8.92 Å². The minimum atomic E-state index is 0.0443. The molecule has 0 heterocycles. The third-order valence-electron chi connectivity index (χ3n) is 9.04. The molecule has 0 amide bonds. The summed E-state index contributed by atoms with van der Waals surface area (Å²) in [6.45, 7) is 9.65. The molecule has 4 saturated carbocycles. The van der Waals surface area contributed by atoms with E-state index in [9.17, 15) is 4.79 Å². The quantitative estimate of drug-likeness (QED) is 0.397. The third kappa shape index (κ3) is 2.88. The summed E-state index contributed by atoms with van der Waals surface area (Å²) < 4.78 is 11.6. The first kappa shape index (κ1) is 20.0. The fraction of sp³-hybridized carbons (Fsp3) is 0.870. The number of carbonyl (C=O) groups excluding carboxylic acids is 1. The van der Waals surface area contributed by atoms with Crippen molar-refractivity contribution in [3.05, 3.63) is 11.6 Å². The van der Waals surface area contributed by atoms with Crippen molar-refractivity contribution >= 4 is 18.7 Å². The molecule has 0 unspecified atom stereocenters. The number of thiol groups is 1. The van der Waals surface area contributed by atoms with Crippen molar-refractivity contribution in [2.75, 3.05) is 6.61 Å².